The van der Waals surface area contributed by atoms with E-state index in [0.717, 1.165) is 4.47 Å². The highest BCUT2D eigenvalue weighted by Crippen LogP contribution is 2.47. The first kappa shape index (κ1) is 27.7. The van der Waals surface area contributed by atoms with E-state index < -0.39 is 26.1 Å². The predicted octanol–water partition coefficient (Wildman–Crippen LogP) is 5.39. The number of hydrogen-bond donors (Lipinski definition) is 3. The Balaban J connectivity index is 3.48. The van der Waals surface area contributed by atoms with Crippen molar-refractivity contribution in [1.29, 1.82) is 0 Å². The van der Waals surface area contributed by atoms with Crippen LogP contribution in [0.15, 0.2) is 25.6 Å². The number of ether oxygens (including phenoxy) is 1. The maximum Gasteiger partial charge on any atom is 0.671 e. The molecule has 1 atom stereocenters. The van der Waals surface area contributed by atoms with Gasteiger partial charge in [-0.05, 0) is 50.4 Å². The minimum Gasteiger partial charge on any atom is -0.483 e. The van der Waals surface area contributed by atoms with Gasteiger partial charge in [0.15, 0.2) is 0 Å². The van der Waals surface area contributed by atoms with Gasteiger partial charge < -0.3 is 23.5 Å². The minimum atomic E-state index is -4.82. The monoisotopic (exact) mass is 684 g/mol. The number of alkyl halides is 4. The summed E-state index contributed by atoms with van der Waals surface area (Å²) < 4.78 is 13.4. The van der Waals surface area contributed by atoms with E-state index in [-0.39, 0.29) is 36.9 Å². The molecule has 0 aliphatic rings. The van der Waals surface area contributed by atoms with Crippen LogP contribution in [0.3, 0.4) is 0 Å². The lowest BCUT2D eigenvalue weighted by atomic mass is 9.80. The smallest absolute Gasteiger partial charge is 0.483 e. The summed E-state index contributed by atoms with van der Waals surface area (Å²) in [5, 5.41) is 0. The van der Waals surface area contributed by atoms with Gasteiger partial charge in [-0.1, -0.05) is 15.9 Å². The molecule has 0 heterocycles. The summed E-state index contributed by atoms with van der Waals surface area (Å²) in [6, 6.07) is 3.60. The molecule has 162 valence electrons. The molecule has 1 unspecified atom stereocenters. The summed E-state index contributed by atoms with van der Waals surface area (Å²) in [5.74, 6) is 0.944. The minimum absolute atomic E-state index is 0.127. The molecule has 0 aliphatic carbocycles. The van der Waals surface area contributed by atoms with Crippen LogP contribution in [0, 0.1) is 0 Å². The fraction of sp³-hybridized carbons (Fsp3) is 0.600. The number of halogens is 7. The molecule has 0 aliphatic heterocycles. The molecule has 0 spiro atoms. The van der Waals surface area contributed by atoms with Crippen molar-refractivity contribution in [2.75, 3.05) is 24.2 Å². The van der Waals surface area contributed by atoms with E-state index >= 15 is 0 Å². The summed E-state index contributed by atoms with van der Waals surface area (Å²) in [6.07, 6.45) is 0.688. The van der Waals surface area contributed by atoms with Crippen molar-refractivity contribution in [2.45, 2.75) is 29.7 Å². The predicted molar refractivity (Wildman–Crippen MR) is 126 cm³/mol. The zero-order chi connectivity index (χ0) is 21.6. The Morgan fingerprint density at radius 1 is 0.893 bits per heavy atom. The average Bonchev–Trinajstić information content (AvgIpc) is 2.56. The first-order valence-corrected chi connectivity index (χ1v) is 14.1. The van der Waals surface area contributed by atoms with Crippen LogP contribution >= 0.6 is 94.2 Å². The van der Waals surface area contributed by atoms with Crippen LogP contribution in [-0.2, 0) is 4.43 Å². The first-order valence-electron chi connectivity index (χ1n) is 7.95. The van der Waals surface area contributed by atoms with Gasteiger partial charge in [0.05, 0.1) is 15.6 Å². The third kappa shape index (κ3) is 7.67. The Hall–Kier alpha value is 1.68. The zero-order valence-corrected chi connectivity index (χ0v) is 23.2. The molecule has 3 N–H and O–H groups in total. The van der Waals surface area contributed by atoms with Crippen LogP contribution in [-0.4, -0.2) is 58.2 Å². The fourth-order valence-electron chi connectivity index (χ4n) is 2.69. The Morgan fingerprint density at radius 2 is 1.36 bits per heavy atom. The normalized spacial score (nSPS) is 14.8. The molecule has 0 radical (unpaired) electrons. The third-order valence-corrected chi connectivity index (χ3v) is 7.44. The van der Waals surface area contributed by atoms with Gasteiger partial charge in [-0.3, -0.25) is 0 Å². The maximum absolute atomic E-state index is 9.31. The van der Waals surface area contributed by atoms with Crippen LogP contribution in [0.1, 0.15) is 19.3 Å². The lowest BCUT2D eigenvalue weighted by Crippen LogP contribution is -2.60. The van der Waals surface area contributed by atoms with Gasteiger partial charge in [-0.2, -0.15) is 0 Å². The van der Waals surface area contributed by atoms with Crippen molar-refractivity contribution in [3.63, 3.8) is 0 Å². The van der Waals surface area contributed by atoms with Crippen molar-refractivity contribution >= 4 is 103 Å². The summed E-state index contributed by atoms with van der Waals surface area (Å²) >= 11 is 35.3. The van der Waals surface area contributed by atoms with Crippen molar-refractivity contribution in [1.82, 2.24) is 0 Å². The molecule has 1 aromatic rings. The fourth-order valence-corrected chi connectivity index (χ4v) is 7.04. The van der Waals surface area contributed by atoms with Crippen LogP contribution in [0.2, 0.25) is 0 Å². The van der Waals surface area contributed by atoms with Gasteiger partial charge in [0.1, 0.15) is 16.2 Å². The summed E-state index contributed by atoms with van der Waals surface area (Å²) in [6.45, 7) is -0.434. The molecule has 0 aromatic heterocycles. The van der Waals surface area contributed by atoms with Gasteiger partial charge in [-0.25, -0.2) is 0 Å². The van der Waals surface area contributed by atoms with Crippen LogP contribution in [0.5, 0.6) is 5.75 Å². The summed E-state index contributed by atoms with van der Waals surface area (Å²) in [5.41, 5.74) is -1.19. The quantitative estimate of drug-likeness (QED) is 0.203. The van der Waals surface area contributed by atoms with E-state index in [4.69, 9.17) is 55.6 Å². The van der Waals surface area contributed by atoms with Gasteiger partial charge in [0.2, 0.25) is 0 Å². The van der Waals surface area contributed by atoms with E-state index in [0.29, 0.717) is 14.7 Å². The van der Waals surface area contributed by atoms with Crippen molar-refractivity contribution in [3.8, 4) is 5.75 Å². The molecule has 13 heteroatoms. The van der Waals surface area contributed by atoms with Crippen LogP contribution in [0.25, 0.3) is 0 Å². The molecule has 0 saturated heterocycles. The lowest BCUT2D eigenvalue weighted by molar-refractivity contribution is -0.0268. The van der Waals surface area contributed by atoms with Crippen LogP contribution < -0.4 is 4.74 Å². The maximum atomic E-state index is 9.31. The zero-order valence-electron chi connectivity index (χ0n) is 14.4. The highest BCUT2D eigenvalue weighted by atomic mass is 79.9. The van der Waals surface area contributed by atoms with Crippen LogP contribution in [0.4, 0.5) is 0 Å². The van der Waals surface area contributed by atoms with E-state index in [9.17, 15) is 14.4 Å². The molecular formula is C15H19Br3Cl4O5Si. The second kappa shape index (κ2) is 12.1. The SMILES string of the molecule is O[Si](O)(O)OCC(Cl)(CCCl)C(CCCl)(CCCl)Oc1c(Br)cc(Br)cc1Br. The second-order valence-corrected chi connectivity index (χ2v) is 11.9. The Morgan fingerprint density at radius 3 is 1.75 bits per heavy atom. The van der Waals surface area contributed by atoms with Gasteiger partial charge in [0, 0.05) is 35.0 Å². The molecule has 0 amide bonds. The Kier molecular flexibility index (Phi) is 11.9. The molecule has 0 bridgehead atoms. The average molecular weight is 689 g/mol. The van der Waals surface area contributed by atoms with Crippen molar-refractivity contribution in [2.24, 2.45) is 0 Å². The number of rotatable bonds is 12. The van der Waals surface area contributed by atoms with E-state index in [1.807, 2.05) is 0 Å². The molecule has 1 aromatic carbocycles. The Bertz CT molecular complexity index is 624. The lowest BCUT2D eigenvalue weighted by Gasteiger charge is -2.47. The largest absolute Gasteiger partial charge is 0.671 e. The van der Waals surface area contributed by atoms with E-state index in [2.05, 4.69) is 47.8 Å². The molecule has 5 nitrogen and oxygen atoms in total. The van der Waals surface area contributed by atoms with Crippen molar-refractivity contribution in [3.05, 3.63) is 25.6 Å². The standard InChI is InChI=1S/C15H19Br3Cl4O5Si/c16-10-7-11(17)13(12(18)8-10)27-15(2-5-20,3-6-21)14(22,1-4-19)9-26-28(23,24)25/h7-8,23-25H,1-6,9H2. The summed E-state index contributed by atoms with van der Waals surface area (Å²) in [4.78, 5) is 26.6. The molecule has 1 rings (SSSR count). The van der Waals surface area contributed by atoms with Gasteiger partial charge >= 0.3 is 9.05 Å². The highest BCUT2D eigenvalue weighted by molar-refractivity contribution is 9.11. The van der Waals surface area contributed by atoms with E-state index in [1.54, 1.807) is 12.1 Å². The van der Waals surface area contributed by atoms with Gasteiger partial charge in [0.25, 0.3) is 0 Å². The number of benzene rings is 1. The van der Waals surface area contributed by atoms with E-state index in [1.165, 1.54) is 0 Å². The molecule has 0 fully saturated rings. The highest BCUT2D eigenvalue weighted by Gasteiger charge is 2.53. The molecule has 28 heavy (non-hydrogen) atoms. The first-order chi connectivity index (χ1) is 12.9. The molecular weight excluding hydrogens is 670 g/mol. The van der Waals surface area contributed by atoms with Gasteiger partial charge in [-0.15, -0.1) is 46.4 Å². The summed E-state index contributed by atoms with van der Waals surface area (Å²) in [7, 11) is -4.82. The van der Waals surface area contributed by atoms with Crippen molar-refractivity contribution < 1.29 is 23.5 Å². The third-order valence-electron chi connectivity index (χ3n) is 4.06. The Labute approximate surface area is 210 Å². The molecule has 0 saturated carbocycles. The second-order valence-electron chi connectivity index (χ2n) is 5.94. The topological polar surface area (TPSA) is 79.2 Å². The number of hydrogen-bond acceptors (Lipinski definition) is 5.